The van der Waals surface area contributed by atoms with Crippen molar-refractivity contribution in [3.63, 3.8) is 0 Å². The number of rotatable bonds is 2. The lowest BCUT2D eigenvalue weighted by Crippen LogP contribution is -2.29. The van der Waals surface area contributed by atoms with Gasteiger partial charge in [-0.05, 0) is 55.9 Å². The average molecular weight is 290 g/mol. The second kappa shape index (κ2) is 5.71. The number of aromatic nitrogens is 3. The molecule has 2 N–H and O–H groups in total. The van der Waals surface area contributed by atoms with Crippen molar-refractivity contribution in [2.45, 2.75) is 71.8 Å². The van der Waals surface area contributed by atoms with E-state index in [2.05, 4.69) is 35.5 Å². The van der Waals surface area contributed by atoms with Crippen molar-refractivity contribution < 1.29 is 0 Å². The van der Waals surface area contributed by atoms with Crippen molar-refractivity contribution in [2.24, 2.45) is 23.0 Å². The molecule has 1 atom stereocenters. The Balaban J connectivity index is 1.71. The Kier molecular flexibility index (Phi) is 4.08. The van der Waals surface area contributed by atoms with Crippen molar-refractivity contribution in [2.75, 3.05) is 6.54 Å². The van der Waals surface area contributed by atoms with Gasteiger partial charge in [-0.2, -0.15) is 0 Å². The molecule has 0 spiro atoms. The highest BCUT2D eigenvalue weighted by Gasteiger charge is 2.33. The summed E-state index contributed by atoms with van der Waals surface area (Å²) in [5, 5.41) is 8.99. The van der Waals surface area contributed by atoms with Gasteiger partial charge in [-0.3, -0.25) is 0 Å². The summed E-state index contributed by atoms with van der Waals surface area (Å²) in [7, 11) is 0. The number of fused-ring (bicyclic) bond motifs is 1. The topological polar surface area (TPSA) is 56.7 Å². The Morgan fingerprint density at radius 1 is 1.10 bits per heavy atom. The molecule has 118 valence electrons. The molecule has 0 aromatic carbocycles. The fourth-order valence-electron chi connectivity index (χ4n) is 4.13. The molecule has 1 aromatic heterocycles. The predicted octanol–water partition coefficient (Wildman–Crippen LogP) is 3.12. The highest BCUT2D eigenvalue weighted by atomic mass is 15.3. The Bertz CT molecular complexity index is 477. The first-order chi connectivity index (χ1) is 9.99. The lowest BCUT2D eigenvalue weighted by molar-refractivity contribution is 0.165. The van der Waals surface area contributed by atoms with E-state index in [9.17, 15) is 0 Å². The fourth-order valence-corrected chi connectivity index (χ4v) is 4.13. The molecular weight excluding hydrogens is 260 g/mol. The maximum atomic E-state index is 5.87. The standard InChI is InChI=1S/C17H30N4/c1-17(2,3)14-7-5-13(6-8-14)16-20-19-15-9-4-12(10-18)11-21(15)16/h12-14H,4-11,18H2,1-3H3. The van der Waals surface area contributed by atoms with Crippen LogP contribution in [0.4, 0.5) is 0 Å². The summed E-state index contributed by atoms with van der Waals surface area (Å²) in [5.41, 5.74) is 6.31. The molecule has 2 heterocycles. The normalized spacial score (nSPS) is 30.2. The molecule has 0 amide bonds. The van der Waals surface area contributed by atoms with Gasteiger partial charge in [0.15, 0.2) is 0 Å². The smallest absolute Gasteiger partial charge is 0.136 e. The molecule has 4 heteroatoms. The Morgan fingerprint density at radius 3 is 2.43 bits per heavy atom. The number of hydrogen-bond acceptors (Lipinski definition) is 3. The maximum Gasteiger partial charge on any atom is 0.136 e. The quantitative estimate of drug-likeness (QED) is 0.910. The van der Waals surface area contributed by atoms with Gasteiger partial charge < -0.3 is 10.3 Å². The second-order valence-electron chi connectivity index (χ2n) is 8.14. The van der Waals surface area contributed by atoms with Gasteiger partial charge in [-0.25, -0.2) is 0 Å². The summed E-state index contributed by atoms with van der Waals surface area (Å²) >= 11 is 0. The Labute approximate surface area is 128 Å². The van der Waals surface area contributed by atoms with Crippen LogP contribution in [0.1, 0.15) is 70.4 Å². The molecule has 2 aliphatic rings. The fraction of sp³-hybridized carbons (Fsp3) is 0.882. The van der Waals surface area contributed by atoms with E-state index in [1.807, 2.05) is 0 Å². The van der Waals surface area contributed by atoms with Gasteiger partial charge in [0.25, 0.3) is 0 Å². The van der Waals surface area contributed by atoms with Gasteiger partial charge in [0, 0.05) is 18.9 Å². The first-order valence-corrected chi connectivity index (χ1v) is 8.61. The highest BCUT2D eigenvalue weighted by molar-refractivity contribution is 5.06. The first kappa shape index (κ1) is 15.0. The van der Waals surface area contributed by atoms with E-state index in [0.717, 1.165) is 25.4 Å². The number of nitrogens with two attached hydrogens (primary N) is 1. The number of nitrogens with zero attached hydrogens (tertiary/aromatic N) is 3. The van der Waals surface area contributed by atoms with E-state index in [0.29, 0.717) is 17.3 Å². The Morgan fingerprint density at radius 2 is 1.81 bits per heavy atom. The maximum absolute atomic E-state index is 5.87. The van der Waals surface area contributed by atoms with Gasteiger partial charge in [0.2, 0.25) is 0 Å². The van der Waals surface area contributed by atoms with Gasteiger partial charge in [-0.1, -0.05) is 20.8 Å². The van der Waals surface area contributed by atoms with Crippen LogP contribution in [0.3, 0.4) is 0 Å². The van der Waals surface area contributed by atoms with Crippen LogP contribution in [0.15, 0.2) is 0 Å². The minimum atomic E-state index is 0.444. The first-order valence-electron chi connectivity index (χ1n) is 8.61. The van der Waals surface area contributed by atoms with E-state index in [1.165, 1.54) is 43.8 Å². The van der Waals surface area contributed by atoms with Crippen molar-refractivity contribution in [1.82, 2.24) is 14.8 Å². The molecular formula is C17H30N4. The largest absolute Gasteiger partial charge is 0.330 e. The minimum absolute atomic E-state index is 0.444. The number of hydrogen-bond donors (Lipinski definition) is 1. The summed E-state index contributed by atoms with van der Waals surface area (Å²) < 4.78 is 2.39. The van der Waals surface area contributed by atoms with Crippen molar-refractivity contribution in [3.05, 3.63) is 11.6 Å². The van der Waals surface area contributed by atoms with Gasteiger partial charge in [0.05, 0.1) is 0 Å². The van der Waals surface area contributed by atoms with Crippen LogP contribution in [-0.4, -0.2) is 21.3 Å². The van der Waals surface area contributed by atoms with Crippen LogP contribution in [-0.2, 0) is 13.0 Å². The van der Waals surface area contributed by atoms with Crippen LogP contribution in [0.5, 0.6) is 0 Å². The molecule has 1 aromatic rings. The second-order valence-corrected chi connectivity index (χ2v) is 8.14. The molecule has 3 rings (SSSR count). The van der Waals surface area contributed by atoms with E-state index in [-0.39, 0.29) is 0 Å². The minimum Gasteiger partial charge on any atom is -0.330 e. The summed E-state index contributed by atoms with van der Waals surface area (Å²) in [6.45, 7) is 8.95. The van der Waals surface area contributed by atoms with Crippen molar-refractivity contribution in [3.8, 4) is 0 Å². The van der Waals surface area contributed by atoms with Crippen LogP contribution in [0.2, 0.25) is 0 Å². The lowest BCUT2D eigenvalue weighted by atomic mass is 9.69. The molecule has 1 aliphatic carbocycles. The van der Waals surface area contributed by atoms with Crippen LogP contribution in [0.25, 0.3) is 0 Å². The van der Waals surface area contributed by atoms with Crippen LogP contribution >= 0.6 is 0 Å². The monoisotopic (exact) mass is 290 g/mol. The third-order valence-electron chi connectivity index (χ3n) is 5.72. The molecule has 0 bridgehead atoms. The highest BCUT2D eigenvalue weighted by Crippen LogP contribution is 2.43. The zero-order chi connectivity index (χ0) is 15.0. The van der Waals surface area contributed by atoms with Crippen molar-refractivity contribution >= 4 is 0 Å². The third kappa shape index (κ3) is 3.01. The molecule has 21 heavy (non-hydrogen) atoms. The third-order valence-corrected chi connectivity index (χ3v) is 5.72. The SMILES string of the molecule is CC(C)(C)C1CCC(c2nnc3n2CC(CN)CC3)CC1. The molecule has 4 nitrogen and oxygen atoms in total. The van der Waals surface area contributed by atoms with E-state index >= 15 is 0 Å². The lowest BCUT2D eigenvalue weighted by Gasteiger charge is -2.37. The molecule has 1 aliphatic heterocycles. The molecule has 0 radical (unpaired) electrons. The van der Waals surface area contributed by atoms with E-state index < -0.39 is 0 Å². The molecule has 0 saturated heterocycles. The molecule has 1 fully saturated rings. The van der Waals surface area contributed by atoms with Gasteiger partial charge in [-0.15, -0.1) is 10.2 Å². The summed E-state index contributed by atoms with van der Waals surface area (Å²) in [5.74, 6) is 4.51. The van der Waals surface area contributed by atoms with Gasteiger partial charge >= 0.3 is 0 Å². The summed E-state index contributed by atoms with van der Waals surface area (Å²) in [6, 6.07) is 0. The van der Waals surface area contributed by atoms with Gasteiger partial charge in [0.1, 0.15) is 11.6 Å². The zero-order valence-electron chi connectivity index (χ0n) is 13.8. The summed E-state index contributed by atoms with van der Waals surface area (Å²) in [4.78, 5) is 0. The van der Waals surface area contributed by atoms with Crippen LogP contribution in [0, 0.1) is 17.3 Å². The zero-order valence-corrected chi connectivity index (χ0v) is 13.8. The van der Waals surface area contributed by atoms with Crippen LogP contribution < -0.4 is 5.73 Å². The van der Waals surface area contributed by atoms with E-state index in [4.69, 9.17) is 5.73 Å². The number of aryl methyl sites for hydroxylation is 1. The predicted molar refractivity (Wildman–Crippen MR) is 85.0 cm³/mol. The van der Waals surface area contributed by atoms with Crippen molar-refractivity contribution in [1.29, 1.82) is 0 Å². The molecule has 1 unspecified atom stereocenters. The Hall–Kier alpha value is -0.900. The van der Waals surface area contributed by atoms with E-state index in [1.54, 1.807) is 0 Å². The molecule has 1 saturated carbocycles. The summed E-state index contributed by atoms with van der Waals surface area (Å²) in [6.07, 6.45) is 7.42. The average Bonchev–Trinajstić information content (AvgIpc) is 2.89.